The highest BCUT2D eigenvalue weighted by Crippen LogP contribution is 2.37. The van der Waals surface area contributed by atoms with Gasteiger partial charge < -0.3 is 56.8 Å². The van der Waals surface area contributed by atoms with E-state index in [2.05, 4.69) is 5.32 Å². The summed E-state index contributed by atoms with van der Waals surface area (Å²) in [5.41, 5.74) is 11.3. The van der Waals surface area contributed by atoms with Gasteiger partial charge in [0.25, 0.3) is 0 Å². The fourth-order valence-electron chi connectivity index (χ4n) is 4.96. The minimum absolute atomic E-state index is 0.0625. The molecule has 2 saturated heterocycles. The molecule has 43 heavy (non-hydrogen) atoms. The minimum Gasteiger partial charge on any atom is -0.397 e. The highest BCUT2D eigenvalue weighted by molar-refractivity contribution is 8.00. The van der Waals surface area contributed by atoms with E-state index in [1.165, 1.54) is 48.8 Å². The van der Waals surface area contributed by atoms with Crippen molar-refractivity contribution in [3.05, 3.63) is 83.7 Å². The van der Waals surface area contributed by atoms with Crippen LogP contribution in [-0.4, -0.2) is 97.2 Å². The largest absolute Gasteiger partial charge is 0.397 e. The van der Waals surface area contributed by atoms with Gasteiger partial charge in [-0.05, 0) is 24.3 Å². The standard InChI is InChI=1S/C28H37F2N5O7S/c29-16-5-1-3-14(7-16)18(31)10-34-20-9-23(41-21(12-36)25(20)38)43-28-27(40)24(26(39)22(13-37)42-28)35(33)11-19(32)15-4-2-6-17(30)8-15/h1-8,10-11,20-28,34,36-40H,9,12-13,31-33H2/b18-10-,19-11-. The second-order valence-corrected chi connectivity index (χ2v) is 11.5. The Kier molecular flexibility index (Phi) is 11.2. The molecule has 2 aromatic carbocycles. The quantitative estimate of drug-likeness (QED) is 0.118. The molecule has 0 spiro atoms. The van der Waals surface area contributed by atoms with Gasteiger partial charge >= 0.3 is 0 Å². The second-order valence-electron chi connectivity index (χ2n) is 10.3. The summed E-state index contributed by atoms with van der Waals surface area (Å²) in [6, 6.07) is 9.27. The van der Waals surface area contributed by atoms with E-state index < -0.39 is 78.3 Å². The van der Waals surface area contributed by atoms with E-state index >= 15 is 0 Å². The normalized spacial score (nSPS) is 32.0. The molecule has 0 radical (unpaired) electrons. The van der Waals surface area contributed by atoms with Crippen molar-refractivity contribution in [2.75, 3.05) is 13.2 Å². The first kappa shape index (κ1) is 32.9. The van der Waals surface area contributed by atoms with Crippen molar-refractivity contribution in [2.45, 2.75) is 59.9 Å². The average molecular weight is 626 g/mol. The lowest BCUT2D eigenvalue weighted by atomic mass is 9.96. The second kappa shape index (κ2) is 14.7. The van der Waals surface area contributed by atoms with Gasteiger partial charge in [0.2, 0.25) is 0 Å². The van der Waals surface area contributed by atoms with Crippen LogP contribution in [-0.2, 0) is 9.47 Å². The Morgan fingerprint density at radius 2 is 1.49 bits per heavy atom. The molecule has 9 atom stereocenters. The zero-order valence-electron chi connectivity index (χ0n) is 23.0. The molecule has 0 aliphatic carbocycles. The van der Waals surface area contributed by atoms with Crippen molar-refractivity contribution < 1.29 is 43.8 Å². The summed E-state index contributed by atoms with van der Waals surface area (Å²) < 4.78 is 38.9. The summed E-state index contributed by atoms with van der Waals surface area (Å²) in [5.74, 6) is 5.22. The first-order chi connectivity index (χ1) is 20.5. The number of hydrazine groups is 1. The van der Waals surface area contributed by atoms with Crippen molar-refractivity contribution >= 4 is 23.2 Å². The molecule has 2 fully saturated rings. The van der Waals surface area contributed by atoms with Crippen molar-refractivity contribution in [1.82, 2.24) is 10.3 Å². The molecule has 15 heteroatoms. The molecule has 2 aromatic rings. The molecule has 0 aromatic heterocycles. The van der Waals surface area contributed by atoms with Gasteiger partial charge in [0.15, 0.2) is 0 Å². The number of halogens is 2. The molecule has 4 rings (SSSR count). The van der Waals surface area contributed by atoms with E-state index in [9.17, 15) is 34.3 Å². The Hall–Kier alpha value is -2.99. The van der Waals surface area contributed by atoms with Crippen molar-refractivity contribution in [3.8, 4) is 0 Å². The Labute approximate surface area is 251 Å². The predicted octanol–water partition coefficient (Wildman–Crippen LogP) is -0.678. The van der Waals surface area contributed by atoms with E-state index in [4.69, 9.17) is 26.8 Å². The number of thioether (sulfide) groups is 1. The summed E-state index contributed by atoms with van der Waals surface area (Å²) in [6.07, 6.45) is -3.38. The van der Waals surface area contributed by atoms with E-state index in [0.717, 1.165) is 16.8 Å². The van der Waals surface area contributed by atoms with Crippen LogP contribution >= 0.6 is 11.8 Å². The highest BCUT2D eigenvalue weighted by Gasteiger charge is 2.48. The summed E-state index contributed by atoms with van der Waals surface area (Å²) >= 11 is 1.00. The number of ether oxygens (including phenoxy) is 2. The van der Waals surface area contributed by atoms with Crippen LogP contribution in [0.25, 0.3) is 11.4 Å². The predicted molar refractivity (Wildman–Crippen MR) is 156 cm³/mol. The Morgan fingerprint density at radius 1 is 0.907 bits per heavy atom. The van der Waals surface area contributed by atoms with Crippen molar-refractivity contribution in [3.63, 3.8) is 0 Å². The van der Waals surface area contributed by atoms with E-state index in [1.807, 2.05) is 0 Å². The van der Waals surface area contributed by atoms with Gasteiger partial charge in [-0.2, -0.15) is 0 Å². The Morgan fingerprint density at radius 3 is 2.07 bits per heavy atom. The van der Waals surface area contributed by atoms with Gasteiger partial charge in [0.1, 0.15) is 59.1 Å². The Bertz CT molecular complexity index is 1290. The SMILES string of the molecule is N/C(=C\NC1CC(SC2OC(CO)C(O)C(N(N)/C=C(\N)c3cccc(F)c3)C2O)OC(CO)C1O)c1cccc(F)c1. The number of nitrogens with two attached hydrogens (primary N) is 3. The first-order valence-electron chi connectivity index (χ1n) is 13.5. The fourth-order valence-corrected chi connectivity index (χ4v) is 6.32. The van der Waals surface area contributed by atoms with Crippen LogP contribution in [0.15, 0.2) is 60.9 Å². The number of benzene rings is 2. The molecule has 2 aliphatic heterocycles. The number of nitrogens with zero attached hydrogens (tertiary/aromatic N) is 1. The third kappa shape index (κ3) is 7.94. The maximum Gasteiger partial charge on any atom is 0.134 e. The fraction of sp³-hybridized carbons (Fsp3) is 0.429. The molecule has 0 bridgehead atoms. The highest BCUT2D eigenvalue weighted by atomic mass is 32.2. The summed E-state index contributed by atoms with van der Waals surface area (Å²) in [4.78, 5) is 0. The molecule has 0 amide bonds. The Balaban J connectivity index is 1.49. The van der Waals surface area contributed by atoms with Gasteiger partial charge in [0.05, 0.1) is 30.6 Å². The molecule has 12 N–H and O–H groups in total. The lowest BCUT2D eigenvalue weighted by molar-refractivity contribution is -0.185. The lowest BCUT2D eigenvalue weighted by Crippen LogP contribution is -2.64. The molecular weight excluding hydrogens is 588 g/mol. The maximum atomic E-state index is 13.7. The topological polar surface area (TPSA) is 213 Å². The number of nitrogens with one attached hydrogen (secondary N) is 1. The summed E-state index contributed by atoms with van der Waals surface area (Å²) in [5, 5.41) is 56.6. The van der Waals surface area contributed by atoms with Crippen LogP contribution in [0.3, 0.4) is 0 Å². The molecule has 0 saturated carbocycles. The van der Waals surface area contributed by atoms with Crippen LogP contribution in [0.5, 0.6) is 0 Å². The zero-order chi connectivity index (χ0) is 31.3. The van der Waals surface area contributed by atoms with E-state index in [0.29, 0.717) is 11.1 Å². The third-order valence-corrected chi connectivity index (χ3v) is 8.55. The zero-order valence-corrected chi connectivity index (χ0v) is 23.8. The van der Waals surface area contributed by atoms with Gasteiger partial charge in [-0.1, -0.05) is 36.0 Å². The van der Waals surface area contributed by atoms with Crippen LogP contribution in [0, 0.1) is 11.6 Å². The molecule has 2 heterocycles. The number of aliphatic hydroxyl groups is 5. The van der Waals surface area contributed by atoms with Gasteiger partial charge in [-0.3, -0.25) is 0 Å². The summed E-state index contributed by atoms with van der Waals surface area (Å²) in [6.45, 7) is -1.12. The van der Waals surface area contributed by atoms with E-state index in [1.54, 1.807) is 12.1 Å². The van der Waals surface area contributed by atoms with Crippen LogP contribution in [0.4, 0.5) is 8.78 Å². The van der Waals surface area contributed by atoms with Gasteiger partial charge in [-0.25, -0.2) is 14.6 Å². The van der Waals surface area contributed by atoms with Crippen LogP contribution < -0.4 is 22.6 Å². The molecule has 236 valence electrons. The van der Waals surface area contributed by atoms with Gasteiger partial charge in [0, 0.05) is 29.9 Å². The van der Waals surface area contributed by atoms with Crippen LogP contribution in [0.2, 0.25) is 0 Å². The van der Waals surface area contributed by atoms with Crippen molar-refractivity contribution in [1.29, 1.82) is 0 Å². The maximum absolute atomic E-state index is 13.7. The van der Waals surface area contributed by atoms with Crippen molar-refractivity contribution in [2.24, 2.45) is 17.3 Å². The van der Waals surface area contributed by atoms with E-state index in [-0.39, 0.29) is 17.8 Å². The number of rotatable bonds is 10. The number of hydrogen-bond donors (Lipinski definition) is 9. The van der Waals surface area contributed by atoms with Gasteiger partial charge in [-0.15, -0.1) is 0 Å². The molecule has 12 nitrogen and oxygen atoms in total. The molecule has 2 aliphatic rings. The molecule has 9 unspecified atom stereocenters. The smallest absolute Gasteiger partial charge is 0.134 e. The minimum atomic E-state index is -1.44. The lowest BCUT2D eigenvalue weighted by Gasteiger charge is -2.46. The molecular formula is C28H37F2N5O7S. The van der Waals surface area contributed by atoms with Crippen LogP contribution in [0.1, 0.15) is 17.5 Å². The number of hydrogen-bond acceptors (Lipinski definition) is 13. The monoisotopic (exact) mass is 625 g/mol. The first-order valence-corrected chi connectivity index (χ1v) is 14.4. The average Bonchev–Trinajstić information content (AvgIpc) is 2.98. The summed E-state index contributed by atoms with van der Waals surface area (Å²) in [7, 11) is 0. The number of aliphatic hydroxyl groups excluding tert-OH is 5. The third-order valence-electron chi connectivity index (χ3n) is 7.28.